The van der Waals surface area contributed by atoms with E-state index in [1.165, 1.54) is 0 Å². The van der Waals surface area contributed by atoms with Crippen LogP contribution in [0.3, 0.4) is 0 Å². The van der Waals surface area contributed by atoms with Crippen LogP contribution < -0.4 is 4.90 Å². The fourth-order valence-corrected chi connectivity index (χ4v) is 3.69. The van der Waals surface area contributed by atoms with Gasteiger partial charge in [0.05, 0.1) is 6.54 Å². The molecule has 1 aliphatic rings. The van der Waals surface area contributed by atoms with Gasteiger partial charge in [-0.25, -0.2) is 4.98 Å². The number of piperazine rings is 1. The molecule has 1 aliphatic heterocycles. The summed E-state index contributed by atoms with van der Waals surface area (Å²) >= 11 is 1.64. The quantitative estimate of drug-likeness (QED) is 0.722. The summed E-state index contributed by atoms with van der Waals surface area (Å²) in [6.07, 6.45) is 5.52. The lowest BCUT2D eigenvalue weighted by molar-refractivity contribution is 0.0747. The minimum atomic E-state index is 0.101. The Morgan fingerprint density at radius 3 is 2.52 bits per heavy atom. The number of carbonyl (C=O) groups is 1. The van der Waals surface area contributed by atoms with Crippen LogP contribution >= 0.6 is 11.3 Å². The molecule has 0 bridgehead atoms. The molecule has 0 spiro atoms. The Bertz CT molecular complexity index is 806. The smallest absolute Gasteiger partial charge is 0.253 e. The van der Waals surface area contributed by atoms with Crippen LogP contribution in [0.25, 0.3) is 0 Å². The molecular formula is C18H19N5OS. The van der Waals surface area contributed by atoms with Gasteiger partial charge in [-0.1, -0.05) is 12.1 Å². The third-order valence-corrected chi connectivity index (χ3v) is 5.19. The van der Waals surface area contributed by atoms with Gasteiger partial charge in [0.25, 0.3) is 5.91 Å². The number of anilines is 1. The normalized spacial score (nSPS) is 14.7. The predicted molar refractivity (Wildman–Crippen MR) is 98.0 cm³/mol. The second-order valence-electron chi connectivity index (χ2n) is 5.99. The van der Waals surface area contributed by atoms with E-state index in [0.29, 0.717) is 6.54 Å². The Morgan fingerprint density at radius 1 is 1.08 bits per heavy atom. The SMILES string of the molecule is O=C(c1ccc(Cn2cccn2)cc1)N1CCN(c2nccs2)CC1. The van der Waals surface area contributed by atoms with Gasteiger partial charge in [-0.2, -0.15) is 5.10 Å². The average Bonchev–Trinajstić information content (AvgIpc) is 3.36. The molecule has 1 fully saturated rings. The fraction of sp³-hybridized carbons (Fsp3) is 0.278. The Kier molecular flexibility index (Phi) is 4.47. The van der Waals surface area contributed by atoms with E-state index < -0.39 is 0 Å². The molecule has 1 aromatic carbocycles. The van der Waals surface area contributed by atoms with E-state index in [2.05, 4.69) is 15.0 Å². The van der Waals surface area contributed by atoms with E-state index in [-0.39, 0.29) is 5.91 Å². The largest absolute Gasteiger partial charge is 0.345 e. The molecule has 0 radical (unpaired) electrons. The fourth-order valence-electron chi connectivity index (χ4n) is 2.99. The zero-order chi connectivity index (χ0) is 17.1. The minimum absolute atomic E-state index is 0.101. The van der Waals surface area contributed by atoms with E-state index in [0.717, 1.165) is 42.4 Å². The van der Waals surface area contributed by atoms with E-state index in [1.807, 2.05) is 57.7 Å². The lowest BCUT2D eigenvalue weighted by Crippen LogP contribution is -2.48. The number of thiazole rings is 1. The molecule has 1 saturated heterocycles. The lowest BCUT2D eigenvalue weighted by atomic mass is 10.1. The highest BCUT2D eigenvalue weighted by Gasteiger charge is 2.23. The van der Waals surface area contributed by atoms with Crippen molar-refractivity contribution in [2.75, 3.05) is 31.1 Å². The molecule has 0 unspecified atom stereocenters. The number of hydrogen-bond acceptors (Lipinski definition) is 5. The zero-order valence-corrected chi connectivity index (χ0v) is 14.6. The molecule has 2 aromatic heterocycles. The van der Waals surface area contributed by atoms with Gasteiger partial charge in [-0.3, -0.25) is 9.48 Å². The first-order valence-corrected chi connectivity index (χ1v) is 9.18. The molecule has 128 valence electrons. The van der Waals surface area contributed by atoms with Gasteiger partial charge in [0, 0.05) is 55.7 Å². The maximum atomic E-state index is 12.7. The topological polar surface area (TPSA) is 54.3 Å². The third kappa shape index (κ3) is 3.56. The number of hydrogen-bond donors (Lipinski definition) is 0. The number of aromatic nitrogens is 3. The highest BCUT2D eigenvalue weighted by Crippen LogP contribution is 2.19. The first-order valence-electron chi connectivity index (χ1n) is 8.30. The van der Waals surface area contributed by atoms with Crippen LogP contribution in [0.1, 0.15) is 15.9 Å². The van der Waals surface area contributed by atoms with E-state index in [1.54, 1.807) is 17.5 Å². The number of benzene rings is 1. The maximum Gasteiger partial charge on any atom is 0.253 e. The van der Waals surface area contributed by atoms with Gasteiger partial charge in [-0.15, -0.1) is 11.3 Å². The minimum Gasteiger partial charge on any atom is -0.345 e. The van der Waals surface area contributed by atoms with Gasteiger partial charge in [0.2, 0.25) is 0 Å². The Labute approximate surface area is 150 Å². The molecule has 4 rings (SSSR count). The van der Waals surface area contributed by atoms with E-state index >= 15 is 0 Å². The van der Waals surface area contributed by atoms with Crippen LogP contribution in [-0.2, 0) is 6.54 Å². The Hall–Kier alpha value is -2.67. The second-order valence-corrected chi connectivity index (χ2v) is 6.87. The number of rotatable bonds is 4. The molecule has 0 saturated carbocycles. The van der Waals surface area contributed by atoms with Gasteiger partial charge in [-0.05, 0) is 23.8 Å². The summed E-state index contributed by atoms with van der Waals surface area (Å²) in [6.45, 7) is 3.84. The van der Waals surface area contributed by atoms with Crippen molar-refractivity contribution in [3.8, 4) is 0 Å². The number of amides is 1. The summed E-state index contributed by atoms with van der Waals surface area (Å²) in [5.41, 5.74) is 1.88. The maximum absolute atomic E-state index is 12.7. The molecule has 0 atom stereocenters. The summed E-state index contributed by atoms with van der Waals surface area (Å²) in [4.78, 5) is 21.2. The van der Waals surface area contributed by atoms with Gasteiger partial charge in [0.15, 0.2) is 5.13 Å². The number of carbonyl (C=O) groups excluding carboxylic acids is 1. The summed E-state index contributed by atoms with van der Waals surface area (Å²) in [7, 11) is 0. The van der Waals surface area contributed by atoms with E-state index in [9.17, 15) is 4.79 Å². The molecule has 0 N–H and O–H groups in total. The molecule has 6 nitrogen and oxygen atoms in total. The lowest BCUT2D eigenvalue weighted by Gasteiger charge is -2.34. The van der Waals surface area contributed by atoms with Crippen molar-refractivity contribution in [2.24, 2.45) is 0 Å². The van der Waals surface area contributed by atoms with Crippen molar-refractivity contribution >= 4 is 22.4 Å². The molecule has 0 aliphatic carbocycles. The monoisotopic (exact) mass is 353 g/mol. The van der Waals surface area contributed by atoms with Crippen LogP contribution in [0.4, 0.5) is 5.13 Å². The number of nitrogens with zero attached hydrogens (tertiary/aromatic N) is 5. The predicted octanol–water partition coefficient (Wildman–Crippen LogP) is 2.35. The van der Waals surface area contributed by atoms with Crippen LogP contribution in [0, 0.1) is 0 Å². The first kappa shape index (κ1) is 15.8. The molecule has 7 heteroatoms. The molecular weight excluding hydrogens is 334 g/mol. The van der Waals surface area contributed by atoms with Crippen LogP contribution in [0.2, 0.25) is 0 Å². The van der Waals surface area contributed by atoms with Crippen LogP contribution in [0.5, 0.6) is 0 Å². The van der Waals surface area contributed by atoms with Crippen LogP contribution in [-0.4, -0.2) is 51.8 Å². The zero-order valence-electron chi connectivity index (χ0n) is 13.8. The molecule has 1 amide bonds. The summed E-state index contributed by atoms with van der Waals surface area (Å²) < 4.78 is 1.87. The third-order valence-electron chi connectivity index (χ3n) is 4.36. The molecule has 3 heterocycles. The summed E-state index contributed by atoms with van der Waals surface area (Å²) in [5.74, 6) is 0.101. The second kappa shape index (κ2) is 7.06. The highest BCUT2D eigenvalue weighted by atomic mass is 32.1. The van der Waals surface area contributed by atoms with Crippen molar-refractivity contribution in [3.05, 3.63) is 65.4 Å². The van der Waals surface area contributed by atoms with Gasteiger partial charge < -0.3 is 9.80 Å². The summed E-state index contributed by atoms with van der Waals surface area (Å²) in [5, 5.41) is 7.22. The van der Waals surface area contributed by atoms with Crippen molar-refractivity contribution in [2.45, 2.75) is 6.54 Å². The van der Waals surface area contributed by atoms with Crippen molar-refractivity contribution in [1.29, 1.82) is 0 Å². The Morgan fingerprint density at radius 2 is 1.88 bits per heavy atom. The van der Waals surface area contributed by atoms with E-state index in [4.69, 9.17) is 0 Å². The Balaban J connectivity index is 1.36. The van der Waals surface area contributed by atoms with Crippen LogP contribution in [0.15, 0.2) is 54.3 Å². The van der Waals surface area contributed by atoms with Crippen molar-refractivity contribution < 1.29 is 4.79 Å². The standard InChI is InChI=1S/C18H19N5OS/c24-17(21-9-11-22(12-10-21)18-19-7-13-25-18)16-4-2-15(3-5-16)14-23-8-1-6-20-23/h1-8,13H,9-12,14H2. The molecule has 3 aromatic rings. The van der Waals surface area contributed by atoms with Gasteiger partial charge >= 0.3 is 0 Å². The molecule has 25 heavy (non-hydrogen) atoms. The highest BCUT2D eigenvalue weighted by molar-refractivity contribution is 7.13. The average molecular weight is 353 g/mol. The van der Waals surface area contributed by atoms with Crippen molar-refractivity contribution in [3.63, 3.8) is 0 Å². The van der Waals surface area contributed by atoms with Gasteiger partial charge in [0.1, 0.15) is 0 Å². The summed E-state index contributed by atoms with van der Waals surface area (Å²) in [6, 6.07) is 9.73. The van der Waals surface area contributed by atoms with Crippen molar-refractivity contribution in [1.82, 2.24) is 19.7 Å². The first-order chi connectivity index (χ1) is 12.3.